The van der Waals surface area contributed by atoms with E-state index in [0.717, 1.165) is 27.5 Å². The lowest BCUT2D eigenvalue weighted by atomic mass is 10.2. The number of carbonyl (C=O) groups is 1. The summed E-state index contributed by atoms with van der Waals surface area (Å²) in [4.78, 5) is 20.9. The minimum atomic E-state index is 0.0552. The third kappa shape index (κ3) is 5.08. The van der Waals surface area contributed by atoms with Crippen LogP contribution in [-0.2, 0) is 17.8 Å². The second-order valence-electron chi connectivity index (χ2n) is 6.64. The first-order chi connectivity index (χ1) is 12.9. The highest BCUT2D eigenvalue weighted by Gasteiger charge is 2.13. The van der Waals surface area contributed by atoms with Crippen molar-refractivity contribution in [1.29, 1.82) is 0 Å². The van der Waals surface area contributed by atoms with Crippen molar-refractivity contribution in [3.63, 3.8) is 0 Å². The minimum absolute atomic E-state index is 0.0552. The summed E-state index contributed by atoms with van der Waals surface area (Å²) < 4.78 is 0. The Bertz CT molecular complexity index is 904. The van der Waals surface area contributed by atoms with Crippen LogP contribution in [0.15, 0.2) is 53.9 Å². The largest absolute Gasteiger partial charge is 0.378 e. The van der Waals surface area contributed by atoms with Crippen LogP contribution in [0, 0.1) is 0 Å². The Morgan fingerprint density at radius 1 is 1.04 bits per heavy atom. The molecule has 140 valence electrons. The van der Waals surface area contributed by atoms with Crippen molar-refractivity contribution >= 4 is 34.5 Å². The molecule has 0 saturated heterocycles. The highest BCUT2D eigenvalue weighted by molar-refractivity contribution is 7.13. The van der Waals surface area contributed by atoms with Gasteiger partial charge in [0.25, 0.3) is 0 Å². The van der Waals surface area contributed by atoms with E-state index in [0.29, 0.717) is 18.0 Å². The first kappa shape index (κ1) is 19.4. The molecule has 1 amide bonds. The first-order valence-electron chi connectivity index (χ1n) is 8.63. The van der Waals surface area contributed by atoms with Crippen LogP contribution in [0.1, 0.15) is 11.3 Å². The van der Waals surface area contributed by atoms with Crippen LogP contribution in [0.3, 0.4) is 0 Å². The molecule has 0 radical (unpaired) electrons. The number of likely N-dealkylation sites (N-methyl/N-ethyl adjacent to an activating group) is 1. The third-order valence-corrected chi connectivity index (χ3v) is 5.47. The molecule has 3 aromatic rings. The molecule has 0 N–H and O–H groups in total. The van der Waals surface area contributed by atoms with Crippen molar-refractivity contribution in [3.05, 3.63) is 70.2 Å². The average molecular weight is 400 g/mol. The fourth-order valence-electron chi connectivity index (χ4n) is 2.66. The summed E-state index contributed by atoms with van der Waals surface area (Å²) in [5, 5.41) is 3.55. The van der Waals surface area contributed by atoms with Crippen LogP contribution in [0.4, 0.5) is 5.69 Å². The number of halogens is 1. The fraction of sp³-hybridized carbons (Fsp3) is 0.238. The van der Waals surface area contributed by atoms with Crippen molar-refractivity contribution in [2.45, 2.75) is 13.0 Å². The van der Waals surface area contributed by atoms with Gasteiger partial charge in [0.2, 0.25) is 5.91 Å². The van der Waals surface area contributed by atoms with Crippen molar-refractivity contribution in [1.82, 2.24) is 9.88 Å². The Kier molecular flexibility index (Phi) is 6.14. The molecule has 0 fully saturated rings. The van der Waals surface area contributed by atoms with E-state index in [2.05, 4.69) is 34.1 Å². The summed E-state index contributed by atoms with van der Waals surface area (Å²) in [5.41, 5.74) is 4.06. The van der Waals surface area contributed by atoms with Gasteiger partial charge in [-0.05, 0) is 29.8 Å². The number of hydrogen-bond donors (Lipinski definition) is 0. The van der Waals surface area contributed by atoms with Crippen LogP contribution < -0.4 is 4.90 Å². The summed E-state index contributed by atoms with van der Waals surface area (Å²) in [6.07, 6.45) is 0.302. The van der Waals surface area contributed by atoms with Gasteiger partial charge in [0, 0.05) is 49.3 Å². The summed E-state index contributed by atoms with van der Waals surface area (Å²) in [6.45, 7) is 0.584. The van der Waals surface area contributed by atoms with Crippen molar-refractivity contribution < 1.29 is 4.79 Å². The van der Waals surface area contributed by atoms with Gasteiger partial charge < -0.3 is 9.80 Å². The second kappa shape index (κ2) is 8.55. The topological polar surface area (TPSA) is 36.4 Å². The third-order valence-electron chi connectivity index (χ3n) is 4.27. The molecular weight excluding hydrogens is 378 g/mol. The molecule has 1 heterocycles. The molecule has 0 aliphatic heterocycles. The van der Waals surface area contributed by atoms with E-state index in [1.54, 1.807) is 16.2 Å². The van der Waals surface area contributed by atoms with E-state index in [-0.39, 0.29) is 5.91 Å². The Morgan fingerprint density at radius 2 is 1.70 bits per heavy atom. The number of aromatic nitrogens is 1. The van der Waals surface area contributed by atoms with Gasteiger partial charge in [-0.2, -0.15) is 0 Å². The smallest absolute Gasteiger partial charge is 0.228 e. The van der Waals surface area contributed by atoms with Crippen LogP contribution in [0.2, 0.25) is 5.02 Å². The second-order valence-corrected chi connectivity index (χ2v) is 7.93. The molecule has 0 atom stereocenters. The summed E-state index contributed by atoms with van der Waals surface area (Å²) in [6, 6.07) is 15.8. The lowest BCUT2D eigenvalue weighted by Gasteiger charge is -2.18. The molecule has 6 heteroatoms. The highest BCUT2D eigenvalue weighted by Crippen LogP contribution is 2.25. The predicted molar refractivity (Wildman–Crippen MR) is 114 cm³/mol. The Hall–Kier alpha value is -2.37. The molecule has 0 unspecified atom stereocenters. The van der Waals surface area contributed by atoms with Gasteiger partial charge in [0.15, 0.2) is 0 Å². The van der Waals surface area contributed by atoms with Gasteiger partial charge in [-0.3, -0.25) is 4.79 Å². The first-order valence-corrected chi connectivity index (χ1v) is 9.88. The zero-order valence-electron chi connectivity index (χ0n) is 15.6. The average Bonchev–Trinajstić information content (AvgIpc) is 3.11. The van der Waals surface area contributed by atoms with E-state index in [9.17, 15) is 4.79 Å². The number of carbonyl (C=O) groups excluding carboxylic acids is 1. The number of rotatable bonds is 6. The number of anilines is 1. The lowest BCUT2D eigenvalue weighted by Crippen LogP contribution is -2.27. The summed E-state index contributed by atoms with van der Waals surface area (Å²) >= 11 is 7.47. The maximum Gasteiger partial charge on any atom is 0.228 e. The van der Waals surface area contributed by atoms with Gasteiger partial charge in [-0.1, -0.05) is 35.9 Å². The molecule has 0 bridgehead atoms. The molecule has 0 aliphatic rings. The Balaban J connectivity index is 1.60. The molecular formula is C21H22ClN3OS. The molecule has 4 nitrogen and oxygen atoms in total. The molecule has 27 heavy (non-hydrogen) atoms. The summed E-state index contributed by atoms with van der Waals surface area (Å²) in [7, 11) is 5.85. The Morgan fingerprint density at radius 3 is 2.33 bits per heavy atom. The number of amides is 1. The monoisotopic (exact) mass is 399 g/mol. The van der Waals surface area contributed by atoms with Gasteiger partial charge >= 0.3 is 0 Å². The van der Waals surface area contributed by atoms with E-state index >= 15 is 0 Å². The number of thiazole rings is 1. The summed E-state index contributed by atoms with van der Waals surface area (Å²) in [5.74, 6) is 0.0552. The SMILES string of the molecule is CN(Cc1ccc(N(C)C)cc1)C(=O)Cc1csc(-c2ccc(Cl)cc2)n1. The van der Waals surface area contributed by atoms with Gasteiger partial charge in [-0.25, -0.2) is 4.98 Å². The normalized spacial score (nSPS) is 10.7. The molecule has 3 rings (SSSR count). The molecule has 2 aromatic carbocycles. The zero-order valence-corrected chi connectivity index (χ0v) is 17.2. The van der Waals surface area contributed by atoms with E-state index in [4.69, 9.17) is 11.6 Å². The number of benzene rings is 2. The maximum atomic E-state index is 12.5. The van der Waals surface area contributed by atoms with Crippen LogP contribution in [0.25, 0.3) is 10.6 Å². The number of hydrogen-bond acceptors (Lipinski definition) is 4. The van der Waals surface area contributed by atoms with Crippen molar-refractivity contribution in [2.24, 2.45) is 0 Å². The molecule has 1 aromatic heterocycles. The van der Waals surface area contributed by atoms with Gasteiger partial charge in [0.1, 0.15) is 5.01 Å². The predicted octanol–water partition coefficient (Wildman–Crippen LogP) is 4.73. The highest BCUT2D eigenvalue weighted by atomic mass is 35.5. The van der Waals surface area contributed by atoms with Crippen LogP contribution in [0.5, 0.6) is 0 Å². The van der Waals surface area contributed by atoms with E-state index in [1.165, 1.54) is 0 Å². The fourth-order valence-corrected chi connectivity index (χ4v) is 3.62. The minimum Gasteiger partial charge on any atom is -0.378 e. The van der Waals surface area contributed by atoms with Crippen molar-refractivity contribution in [2.75, 3.05) is 26.0 Å². The van der Waals surface area contributed by atoms with E-state index in [1.807, 2.05) is 50.8 Å². The molecule has 0 spiro atoms. The molecule has 0 aliphatic carbocycles. The van der Waals surface area contributed by atoms with Crippen LogP contribution in [-0.4, -0.2) is 36.9 Å². The van der Waals surface area contributed by atoms with Crippen molar-refractivity contribution in [3.8, 4) is 10.6 Å². The Labute approximate surface area is 169 Å². The lowest BCUT2D eigenvalue weighted by molar-refractivity contribution is -0.129. The quantitative estimate of drug-likeness (QED) is 0.601. The van der Waals surface area contributed by atoms with Crippen LogP contribution >= 0.6 is 22.9 Å². The number of nitrogens with zero attached hydrogens (tertiary/aromatic N) is 3. The van der Waals surface area contributed by atoms with Gasteiger partial charge in [0.05, 0.1) is 12.1 Å². The standard InChI is InChI=1S/C21H22ClN3OS/c1-24(2)19-10-4-15(5-11-19)13-25(3)20(26)12-18-14-27-21(23-18)16-6-8-17(22)9-7-16/h4-11,14H,12-13H2,1-3H3. The zero-order chi connectivity index (χ0) is 19.4. The molecule has 0 saturated carbocycles. The maximum absolute atomic E-state index is 12.5. The van der Waals surface area contributed by atoms with E-state index < -0.39 is 0 Å². The van der Waals surface area contributed by atoms with Gasteiger partial charge in [-0.15, -0.1) is 11.3 Å².